The van der Waals surface area contributed by atoms with E-state index in [2.05, 4.69) is 15.2 Å². The van der Waals surface area contributed by atoms with Crippen LogP contribution in [0.15, 0.2) is 42.6 Å². The lowest BCUT2D eigenvalue weighted by molar-refractivity contribution is 0.0162. The molecule has 26 heavy (non-hydrogen) atoms. The molecule has 0 bridgehead atoms. The Morgan fingerprint density at radius 2 is 2.00 bits per heavy atom. The molecule has 1 aromatic carbocycles. The molecule has 7 heteroatoms. The third kappa shape index (κ3) is 4.72. The molecule has 1 aliphatic heterocycles. The molecule has 0 radical (unpaired) electrons. The first kappa shape index (κ1) is 18.6. The number of carbonyl (C=O) groups excluding carboxylic acids is 1. The van der Waals surface area contributed by atoms with E-state index in [4.69, 9.17) is 21.1 Å². The molecule has 0 spiro atoms. The average Bonchev–Trinajstić information content (AvgIpc) is 2.70. The number of hydrogen-bond acceptors (Lipinski definition) is 5. The smallest absolute Gasteiger partial charge is 0.252 e. The second-order valence-corrected chi connectivity index (χ2v) is 6.45. The minimum atomic E-state index is -0.160. The van der Waals surface area contributed by atoms with Gasteiger partial charge in [-0.15, -0.1) is 0 Å². The summed E-state index contributed by atoms with van der Waals surface area (Å²) in [6, 6.07) is 11.2. The van der Waals surface area contributed by atoms with Crippen molar-refractivity contribution in [3.8, 4) is 5.88 Å². The van der Waals surface area contributed by atoms with E-state index < -0.39 is 0 Å². The van der Waals surface area contributed by atoms with Crippen molar-refractivity contribution in [1.29, 1.82) is 0 Å². The largest absolute Gasteiger partial charge is 0.481 e. The van der Waals surface area contributed by atoms with Gasteiger partial charge in [0.25, 0.3) is 5.91 Å². The first-order chi connectivity index (χ1) is 12.7. The Morgan fingerprint density at radius 1 is 1.27 bits per heavy atom. The summed E-state index contributed by atoms with van der Waals surface area (Å²) >= 11 is 6.01. The van der Waals surface area contributed by atoms with Crippen molar-refractivity contribution < 1.29 is 14.3 Å². The van der Waals surface area contributed by atoms with Crippen LogP contribution in [0.5, 0.6) is 5.88 Å². The van der Waals surface area contributed by atoms with E-state index in [1.807, 2.05) is 24.3 Å². The zero-order chi connectivity index (χ0) is 18.4. The number of morpholine rings is 1. The normalized spacial score (nSPS) is 16.1. The van der Waals surface area contributed by atoms with Gasteiger partial charge < -0.3 is 14.8 Å². The van der Waals surface area contributed by atoms with E-state index in [9.17, 15) is 4.79 Å². The van der Waals surface area contributed by atoms with Crippen LogP contribution in [0.3, 0.4) is 0 Å². The van der Waals surface area contributed by atoms with Crippen LogP contribution >= 0.6 is 11.6 Å². The summed E-state index contributed by atoms with van der Waals surface area (Å²) in [7, 11) is 1.54. The van der Waals surface area contributed by atoms with Crippen LogP contribution in [0.2, 0.25) is 5.02 Å². The summed E-state index contributed by atoms with van der Waals surface area (Å²) in [5.41, 5.74) is 1.62. The van der Waals surface area contributed by atoms with Crippen LogP contribution in [-0.4, -0.2) is 55.7 Å². The van der Waals surface area contributed by atoms with Gasteiger partial charge in [0.15, 0.2) is 0 Å². The summed E-state index contributed by atoms with van der Waals surface area (Å²) in [5.74, 6) is 0.321. The number of methoxy groups -OCH3 is 1. The van der Waals surface area contributed by atoms with E-state index in [0.717, 1.165) is 18.7 Å². The molecule has 1 aliphatic rings. The lowest BCUT2D eigenvalue weighted by atomic mass is 10.0. The zero-order valence-corrected chi connectivity index (χ0v) is 15.4. The van der Waals surface area contributed by atoms with E-state index >= 15 is 0 Å². The van der Waals surface area contributed by atoms with Gasteiger partial charge in [-0.05, 0) is 23.8 Å². The second-order valence-electron chi connectivity index (χ2n) is 6.01. The van der Waals surface area contributed by atoms with E-state index in [-0.39, 0.29) is 11.9 Å². The molecule has 1 aromatic heterocycles. The van der Waals surface area contributed by atoms with Gasteiger partial charge in [-0.25, -0.2) is 4.98 Å². The highest BCUT2D eigenvalue weighted by molar-refractivity contribution is 6.30. The molecule has 3 rings (SSSR count). The molecular formula is C19H22ClN3O3. The van der Waals surface area contributed by atoms with Gasteiger partial charge in [-0.1, -0.05) is 23.7 Å². The summed E-state index contributed by atoms with van der Waals surface area (Å²) in [5, 5.41) is 3.71. The van der Waals surface area contributed by atoms with Crippen molar-refractivity contribution in [3.05, 3.63) is 58.7 Å². The highest BCUT2D eigenvalue weighted by Gasteiger charge is 2.23. The highest BCUT2D eigenvalue weighted by atomic mass is 35.5. The molecule has 6 nitrogen and oxygen atoms in total. The maximum atomic E-state index is 12.5. The quantitative estimate of drug-likeness (QED) is 0.840. The van der Waals surface area contributed by atoms with Crippen molar-refractivity contribution >= 4 is 17.5 Å². The van der Waals surface area contributed by atoms with Crippen molar-refractivity contribution in [3.63, 3.8) is 0 Å². The van der Waals surface area contributed by atoms with E-state index in [0.29, 0.717) is 36.2 Å². The molecule has 1 atom stereocenters. The van der Waals surface area contributed by atoms with Crippen molar-refractivity contribution in [2.24, 2.45) is 0 Å². The molecule has 1 N–H and O–H groups in total. The van der Waals surface area contributed by atoms with Gasteiger partial charge >= 0.3 is 0 Å². The Balaban J connectivity index is 1.70. The first-order valence-electron chi connectivity index (χ1n) is 8.53. The van der Waals surface area contributed by atoms with Gasteiger partial charge in [-0.3, -0.25) is 9.69 Å². The molecule has 138 valence electrons. The lowest BCUT2D eigenvalue weighted by Crippen LogP contribution is -2.43. The number of aromatic nitrogens is 1. The van der Waals surface area contributed by atoms with Gasteiger partial charge in [0.2, 0.25) is 5.88 Å². The Kier molecular flexibility index (Phi) is 6.44. The number of nitrogens with one attached hydrogen (secondary N) is 1. The van der Waals surface area contributed by atoms with Gasteiger partial charge in [0.1, 0.15) is 0 Å². The number of halogens is 1. The van der Waals surface area contributed by atoms with Crippen LogP contribution in [0, 0.1) is 0 Å². The fourth-order valence-electron chi connectivity index (χ4n) is 2.96. The number of carbonyl (C=O) groups is 1. The van der Waals surface area contributed by atoms with Crippen molar-refractivity contribution in [1.82, 2.24) is 15.2 Å². The number of hydrogen-bond donors (Lipinski definition) is 1. The monoisotopic (exact) mass is 375 g/mol. The standard InChI is InChI=1S/C19H22ClN3O3/c1-25-18-7-4-15(12-21-18)19(24)22-13-17(23-8-10-26-11-9-23)14-2-5-16(20)6-3-14/h2-7,12,17H,8-11,13H2,1H3,(H,22,24). The Labute approximate surface area is 158 Å². The number of ether oxygens (including phenoxy) is 2. The fourth-order valence-corrected chi connectivity index (χ4v) is 3.08. The third-order valence-electron chi connectivity index (χ3n) is 4.40. The topological polar surface area (TPSA) is 63.7 Å². The lowest BCUT2D eigenvalue weighted by Gasteiger charge is -2.35. The van der Waals surface area contributed by atoms with Gasteiger partial charge in [0.05, 0.1) is 31.9 Å². The molecule has 2 heterocycles. The number of nitrogens with zero attached hydrogens (tertiary/aromatic N) is 2. The van der Waals surface area contributed by atoms with Crippen LogP contribution in [-0.2, 0) is 4.74 Å². The SMILES string of the molecule is COc1ccc(C(=O)NCC(c2ccc(Cl)cc2)N2CCOCC2)cn1. The zero-order valence-electron chi connectivity index (χ0n) is 14.7. The molecule has 0 saturated carbocycles. The molecule has 1 unspecified atom stereocenters. The Morgan fingerprint density at radius 3 is 2.62 bits per heavy atom. The summed E-state index contributed by atoms with van der Waals surface area (Å²) in [4.78, 5) is 18.9. The van der Waals surface area contributed by atoms with Crippen LogP contribution in [0.25, 0.3) is 0 Å². The molecule has 0 aliphatic carbocycles. The average molecular weight is 376 g/mol. The molecular weight excluding hydrogens is 354 g/mol. The van der Waals surface area contributed by atoms with E-state index in [1.165, 1.54) is 6.20 Å². The Hall–Kier alpha value is -2.15. The summed E-state index contributed by atoms with van der Waals surface area (Å²) < 4.78 is 10.5. The van der Waals surface area contributed by atoms with Gasteiger partial charge in [0, 0.05) is 36.9 Å². The molecule has 2 aromatic rings. The van der Waals surface area contributed by atoms with Crippen molar-refractivity contribution in [2.75, 3.05) is 40.0 Å². The van der Waals surface area contributed by atoms with E-state index in [1.54, 1.807) is 19.2 Å². The summed E-state index contributed by atoms with van der Waals surface area (Å²) in [6.45, 7) is 3.54. The number of benzene rings is 1. The second kappa shape index (κ2) is 8.98. The molecule has 1 amide bonds. The molecule has 1 saturated heterocycles. The number of rotatable bonds is 6. The highest BCUT2D eigenvalue weighted by Crippen LogP contribution is 2.23. The minimum Gasteiger partial charge on any atom is -0.481 e. The van der Waals surface area contributed by atoms with Gasteiger partial charge in [-0.2, -0.15) is 0 Å². The maximum absolute atomic E-state index is 12.5. The van der Waals surface area contributed by atoms with Crippen LogP contribution in [0.1, 0.15) is 22.0 Å². The van der Waals surface area contributed by atoms with Crippen LogP contribution < -0.4 is 10.1 Å². The van der Waals surface area contributed by atoms with Crippen molar-refractivity contribution in [2.45, 2.75) is 6.04 Å². The Bertz CT molecular complexity index is 716. The maximum Gasteiger partial charge on any atom is 0.252 e. The number of pyridine rings is 1. The number of amides is 1. The predicted octanol–water partition coefficient (Wildman–Crippen LogP) is 2.55. The summed E-state index contributed by atoms with van der Waals surface area (Å²) in [6.07, 6.45) is 1.51. The minimum absolute atomic E-state index is 0.0614. The predicted molar refractivity (Wildman–Crippen MR) is 99.7 cm³/mol. The van der Waals surface area contributed by atoms with Crippen LogP contribution in [0.4, 0.5) is 0 Å². The molecule has 1 fully saturated rings. The first-order valence-corrected chi connectivity index (χ1v) is 8.90. The fraction of sp³-hybridized carbons (Fsp3) is 0.368. The third-order valence-corrected chi connectivity index (χ3v) is 4.66.